The molecule has 11 heteroatoms. The molecule has 4 aromatic rings. The zero-order valence-electron chi connectivity index (χ0n) is 21.1. The fourth-order valence-electron chi connectivity index (χ4n) is 3.97. The Morgan fingerprint density at radius 1 is 1.13 bits per heavy atom. The Kier molecular flexibility index (Phi) is 9.33. The molecule has 0 aliphatic heterocycles. The molecule has 1 unspecified atom stereocenters. The number of phenolic OH excluding ortho intramolecular Hbond substituents is 1. The topological polar surface area (TPSA) is 146 Å². The predicted octanol–water partition coefficient (Wildman–Crippen LogP) is 5.33. The third kappa shape index (κ3) is 6.75. The number of rotatable bonds is 7. The number of nitriles is 1. The summed E-state index contributed by atoms with van der Waals surface area (Å²) in [6.07, 6.45) is 1.88. The number of hydrogen-bond acceptors (Lipinski definition) is 6. The number of aromatic hydroxyl groups is 1. The number of hydrogen-bond donors (Lipinski definition) is 4. The summed E-state index contributed by atoms with van der Waals surface area (Å²) in [6, 6.07) is 18.4. The molecule has 0 saturated carbocycles. The lowest BCUT2D eigenvalue weighted by molar-refractivity contribution is -0.116. The highest BCUT2D eigenvalue weighted by Crippen LogP contribution is 2.37. The number of halogens is 2. The van der Waals surface area contributed by atoms with Crippen LogP contribution in [-0.4, -0.2) is 32.5 Å². The molecular formula is C28H26Cl2N6O3. The minimum absolute atomic E-state index is 0. The Morgan fingerprint density at radius 2 is 1.90 bits per heavy atom. The SMILES string of the molecule is CC(N)CC(=O)Nc1cccc(-c2cc(-c3ccc(Cl)cc3O)nc(NC(=O)c3cccn3C)c2C#N)c1.Cl. The lowest BCUT2D eigenvalue weighted by atomic mass is 9.97. The minimum atomic E-state index is -0.457. The van der Waals surface area contributed by atoms with Gasteiger partial charge in [-0.1, -0.05) is 23.7 Å². The van der Waals surface area contributed by atoms with Crippen LogP contribution in [0.2, 0.25) is 5.02 Å². The average Bonchev–Trinajstić information content (AvgIpc) is 3.29. The van der Waals surface area contributed by atoms with Crippen molar-refractivity contribution in [1.82, 2.24) is 9.55 Å². The first-order chi connectivity index (χ1) is 18.2. The molecule has 200 valence electrons. The van der Waals surface area contributed by atoms with Crippen LogP contribution < -0.4 is 16.4 Å². The van der Waals surface area contributed by atoms with Crippen molar-refractivity contribution in [3.8, 4) is 34.2 Å². The Morgan fingerprint density at radius 3 is 2.54 bits per heavy atom. The number of aryl methyl sites for hydroxylation is 1. The van der Waals surface area contributed by atoms with Crippen LogP contribution in [0.15, 0.2) is 66.9 Å². The predicted molar refractivity (Wildman–Crippen MR) is 154 cm³/mol. The van der Waals surface area contributed by atoms with E-state index in [1.165, 1.54) is 6.07 Å². The van der Waals surface area contributed by atoms with Crippen molar-refractivity contribution in [3.05, 3.63) is 83.1 Å². The van der Waals surface area contributed by atoms with Gasteiger partial charge in [-0.25, -0.2) is 4.98 Å². The largest absolute Gasteiger partial charge is 0.507 e. The summed E-state index contributed by atoms with van der Waals surface area (Å²) in [5, 5.41) is 26.6. The van der Waals surface area contributed by atoms with E-state index in [1.54, 1.807) is 79.3 Å². The second-order valence-corrected chi connectivity index (χ2v) is 9.26. The number of phenols is 1. The second-order valence-electron chi connectivity index (χ2n) is 8.82. The molecule has 0 aliphatic rings. The highest BCUT2D eigenvalue weighted by molar-refractivity contribution is 6.30. The number of carbonyl (C=O) groups is 2. The van der Waals surface area contributed by atoms with E-state index in [-0.39, 0.29) is 47.9 Å². The maximum Gasteiger partial charge on any atom is 0.273 e. The van der Waals surface area contributed by atoms with Crippen molar-refractivity contribution in [2.24, 2.45) is 12.8 Å². The molecule has 9 nitrogen and oxygen atoms in total. The number of carbonyl (C=O) groups excluding carboxylic acids is 2. The van der Waals surface area contributed by atoms with E-state index in [4.69, 9.17) is 17.3 Å². The summed E-state index contributed by atoms with van der Waals surface area (Å²) in [5.41, 5.74) is 8.43. The molecule has 0 spiro atoms. The Labute approximate surface area is 236 Å². The van der Waals surface area contributed by atoms with Crippen LogP contribution in [0.3, 0.4) is 0 Å². The molecule has 0 bridgehead atoms. The molecule has 1 atom stereocenters. The van der Waals surface area contributed by atoms with Gasteiger partial charge in [-0.2, -0.15) is 5.26 Å². The first kappa shape index (κ1) is 29.2. The number of anilines is 2. The highest BCUT2D eigenvalue weighted by atomic mass is 35.5. The fourth-order valence-corrected chi connectivity index (χ4v) is 4.14. The van der Waals surface area contributed by atoms with Gasteiger partial charge in [0.05, 0.1) is 5.69 Å². The van der Waals surface area contributed by atoms with Crippen LogP contribution in [0.4, 0.5) is 11.5 Å². The molecule has 0 radical (unpaired) electrons. The van der Waals surface area contributed by atoms with Gasteiger partial charge in [0.2, 0.25) is 5.91 Å². The second kappa shape index (κ2) is 12.5. The van der Waals surface area contributed by atoms with E-state index >= 15 is 0 Å². The smallest absolute Gasteiger partial charge is 0.273 e. The monoisotopic (exact) mass is 564 g/mol. The van der Waals surface area contributed by atoms with Crippen LogP contribution in [-0.2, 0) is 11.8 Å². The highest BCUT2D eigenvalue weighted by Gasteiger charge is 2.20. The summed E-state index contributed by atoms with van der Waals surface area (Å²) in [7, 11) is 1.73. The van der Waals surface area contributed by atoms with Crippen LogP contribution in [0.5, 0.6) is 5.75 Å². The summed E-state index contributed by atoms with van der Waals surface area (Å²) >= 11 is 6.02. The standard InChI is InChI=1S/C28H25ClN6O3.ClH/c1-16(31)11-26(37)32-19-6-3-5-17(12-19)21-14-23(20-9-8-18(29)13-25(20)36)33-27(22(21)15-30)34-28(38)24-7-4-10-35(24)2;/h3-10,12-14,16,36H,11,31H2,1-2H3,(H,32,37)(H,33,34,38);1H. The summed E-state index contributed by atoms with van der Waals surface area (Å²) in [5.74, 6) is -0.791. The lowest BCUT2D eigenvalue weighted by Crippen LogP contribution is -2.23. The number of pyridine rings is 1. The van der Waals surface area contributed by atoms with Gasteiger partial charge < -0.3 is 26.0 Å². The summed E-state index contributed by atoms with van der Waals surface area (Å²) in [6.45, 7) is 1.74. The van der Waals surface area contributed by atoms with Crippen molar-refractivity contribution >= 4 is 47.3 Å². The van der Waals surface area contributed by atoms with Gasteiger partial charge in [-0.15, -0.1) is 12.4 Å². The molecule has 2 amide bonds. The van der Waals surface area contributed by atoms with Gasteiger partial charge in [0, 0.05) is 47.5 Å². The zero-order chi connectivity index (χ0) is 27.4. The minimum Gasteiger partial charge on any atom is -0.507 e. The molecular weight excluding hydrogens is 539 g/mol. The molecule has 2 aromatic heterocycles. The molecule has 0 aliphatic carbocycles. The molecule has 0 fully saturated rings. The van der Waals surface area contributed by atoms with Crippen LogP contribution in [0.25, 0.3) is 22.4 Å². The Balaban J connectivity index is 0.00000420. The van der Waals surface area contributed by atoms with Crippen molar-refractivity contribution in [2.45, 2.75) is 19.4 Å². The van der Waals surface area contributed by atoms with E-state index in [2.05, 4.69) is 21.7 Å². The van der Waals surface area contributed by atoms with Gasteiger partial charge in [-0.05, 0) is 61.0 Å². The van der Waals surface area contributed by atoms with E-state index in [1.807, 2.05) is 0 Å². The molecule has 5 N–H and O–H groups in total. The molecule has 4 rings (SSSR count). The van der Waals surface area contributed by atoms with Gasteiger partial charge in [-0.3, -0.25) is 9.59 Å². The lowest BCUT2D eigenvalue weighted by Gasteiger charge is -2.15. The molecule has 39 heavy (non-hydrogen) atoms. The number of benzene rings is 2. The van der Waals surface area contributed by atoms with Crippen LogP contribution in [0, 0.1) is 11.3 Å². The normalized spacial score (nSPS) is 11.2. The van der Waals surface area contributed by atoms with E-state index in [0.717, 1.165) is 0 Å². The molecule has 0 saturated heterocycles. The van der Waals surface area contributed by atoms with E-state index < -0.39 is 5.91 Å². The number of nitrogens with one attached hydrogen (secondary N) is 2. The third-order valence-electron chi connectivity index (χ3n) is 5.74. The maximum absolute atomic E-state index is 13.0. The zero-order valence-corrected chi connectivity index (χ0v) is 22.7. The number of nitrogens with two attached hydrogens (primary N) is 1. The van der Waals surface area contributed by atoms with Crippen molar-refractivity contribution in [2.75, 3.05) is 10.6 Å². The Bertz CT molecular complexity index is 1580. The van der Waals surface area contributed by atoms with Gasteiger partial charge in [0.25, 0.3) is 5.91 Å². The van der Waals surface area contributed by atoms with Gasteiger partial charge in [0.1, 0.15) is 23.1 Å². The van der Waals surface area contributed by atoms with Crippen molar-refractivity contribution in [1.29, 1.82) is 5.26 Å². The van der Waals surface area contributed by atoms with Gasteiger partial charge >= 0.3 is 0 Å². The van der Waals surface area contributed by atoms with Crippen molar-refractivity contribution < 1.29 is 14.7 Å². The number of amides is 2. The molecule has 2 aromatic carbocycles. The maximum atomic E-state index is 13.0. The van der Waals surface area contributed by atoms with Crippen molar-refractivity contribution in [3.63, 3.8) is 0 Å². The third-order valence-corrected chi connectivity index (χ3v) is 5.98. The number of aromatic nitrogens is 2. The first-order valence-corrected chi connectivity index (χ1v) is 12.1. The summed E-state index contributed by atoms with van der Waals surface area (Å²) in [4.78, 5) is 29.8. The number of nitrogens with zero attached hydrogens (tertiary/aromatic N) is 3. The fraction of sp³-hybridized carbons (Fsp3) is 0.143. The van der Waals surface area contributed by atoms with Gasteiger partial charge in [0.15, 0.2) is 5.82 Å². The summed E-state index contributed by atoms with van der Waals surface area (Å²) < 4.78 is 1.64. The van der Waals surface area contributed by atoms with E-state index in [9.17, 15) is 20.0 Å². The Hall–Kier alpha value is -4.36. The van der Waals surface area contributed by atoms with Crippen LogP contribution in [0.1, 0.15) is 29.4 Å². The van der Waals surface area contributed by atoms with Crippen LogP contribution >= 0.6 is 24.0 Å². The van der Waals surface area contributed by atoms with E-state index in [0.29, 0.717) is 38.8 Å². The molecule has 2 heterocycles. The quantitative estimate of drug-likeness (QED) is 0.238. The average molecular weight is 565 g/mol. The first-order valence-electron chi connectivity index (χ1n) is 11.7.